The molecule has 0 radical (unpaired) electrons. The van der Waals surface area contributed by atoms with Gasteiger partial charge < -0.3 is 14.5 Å². The van der Waals surface area contributed by atoms with Crippen LogP contribution in [0.3, 0.4) is 0 Å². The molecule has 1 saturated heterocycles. The lowest BCUT2D eigenvalue weighted by atomic mass is 9.90. The maximum atomic E-state index is 12.8. The number of hydrogen-bond donors (Lipinski definition) is 0. The van der Waals surface area contributed by atoms with E-state index in [0.29, 0.717) is 13.1 Å². The number of rotatable bonds is 5. The number of para-hydroxylation sites is 1. The molecule has 30 heavy (non-hydrogen) atoms. The number of piperazine rings is 1. The Morgan fingerprint density at radius 3 is 2.37 bits per heavy atom. The van der Waals surface area contributed by atoms with Gasteiger partial charge in [-0.15, -0.1) is 0 Å². The van der Waals surface area contributed by atoms with Crippen LogP contribution in [0, 0.1) is 0 Å². The molecule has 0 unspecified atom stereocenters. The number of anilines is 1. The standard InChI is InChI=1S/C25H30N2O3/c1-19(25(29)27-15-13-26(14-16-27)23-9-3-2-4-10-23)30-24(28)18-20-11-12-21-7-5-6-8-22(21)17-20/h2-4,9-12,17,19H,5-8,13-16,18H2,1H3/t19-/m1/s1. The molecule has 5 heteroatoms. The van der Waals surface area contributed by atoms with E-state index in [2.05, 4.69) is 29.2 Å². The van der Waals surface area contributed by atoms with Crippen LogP contribution in [0.5, 0.6) is 0 Å². The number of fused-ring (bicyclic) bond motifs is 1. The van der Waals surface area contributed by atoms with E-state index in [1.807, 2.05) is 24.3 Å². The summed E-state index contributed by atoms with van der Waals surface area (Å²) in [7, 11) is 0. The molecule has 1 aliphatic heterocycles. The second-order valence-corrected chi connectivity index (χ2v) is 8.27. The van der Waals surface area contributed by atoms with Crippen molar-refractivity contribution in [3.05, 3.63) is 65.2 Å². The summed E-state index contributed by atoms with van der Waals surface area (Å²) in [6.07, 6.45) is 4.13. The van der Waals surface area contributed by atoms with Crippen molar-refractivity contribution in [3.63, 3.8) is 0 Å². The molecular weight excluding hydrogens is 376 g/mol. The van der Waals surface area contributed by atoms with Crippen molar-refractivity contribution >= 4 is 17.6 Å². The third-order valence-electron chi connectivity index (χ3n) is 6.13. The van der Waals surface area contributed by atoms with Crippen LogP contribution in [0.25, 0.3) is 0 Å². The highest BCUT2D eigenvalue weighted by molar-refractivity contribution is 5.84. The largest absolute Gasteiger partial charge is 0.452 e. The van der Waals surface area contributed by atoms with Crippen LogP contribution in [-0.4, -0.2) is 49.1 Å². The Hall–Kier alpha value is -2.82. The molecule has 0 spiro atoms. The Labute approximate surface area is 178 Å². The van der Waals surface area contributed by atoms with E-state index >= 15 is 0 Å². The summed E-state index contributed by atoms with van der Waals surface area (Å²) in [5.74, 6) is -0.448. The van der Waals surface area contributed by atoms with Gasteiger partial charge in [-0.25, -0.2) is 0 Å². The summed E-state index contributed by atoms with van der Waals surface area (Å²) in [4.78, 5) is 29.2. The number of esters is 1. The summed E-state index contributed by atoms with van der Waals surface area (Å²) in [5, 5.41) is 0. The molecule has 1 fully saturated rings. The van der Waals surface area contributed by atoms with Gasteiger partial charge in [0.2, 0.25) is 0 Å². The molecule has 4 rings (SSSR count). The Kier molecular flexibility index (Phi) is 6.36. The molecule has 0 bridgehead atoms. The highest BCUT2D eigenvalue weighted by Gasteiger charge is 2.27. The zero-order valence-corrected chi connectivity index (χ0v) is 17.7. The lowest BCUT2D eigenvalue weighted by Crippen LogP contribution is -2.51. The average molecular weight is 407 g/mol. The van der Waals surface area contributed by atoms with Crippen molar-refractivity contribution in [3.8, 4) is 0 Å². The Morgan fingerprint density at radius 2 is 1.63 bits per heavy atom. The molecule has 0 aromatic heterocycles. The van der Waals surface area contributed by atoms with Gasteiger partial charge in [-0.2, -0.15) is 0 Å². The highest BCUT2D eigenvalue weighted by atomic mass is 16.5. The summed E-state index contributed by atoms with van der Waals surface area (Å²) >= 11 is 0. The zero-order chi connectivity index (χ0) is 20.9. The first kappa shape index (κ1) is 20.5. The molecule has 2 aromatic rings. The molecule has 1 heterocycles. The van der Waals surface area contributed by atoms with Crippen molar-refractivity contribution in [1.82, 2.24) is 4.90 Å². The maximum Gasteiger partial charge on any atom is 0.311 e. The van der Waals surface area contributed by atoms with E-state index in [1.165, 1.54) is 29.7 Å². The molecule has 2 aliphatic rings. The predicted molar refractivity (Wildman–Crippen MR) is 118 cm³/mol. The fourth-order valence-electron chi connectivity index (χ4n) is 4.43. The SMILES string of the molecule is C[C@@H](OC(=O)Cc1ccc2c(c1)CCCC2)C(=O)N1CCN(c2ccccc2)CC1. The number of hydrogen-bond acceptors (Lipinski definition) is 4. The molecule has 1 atom stereocenters. The third kappa shape index (κ3) is 4.84. The quantitative estimate of drug-likeness (QED) is 0.715. The van der Waals surface area contributed by atoms with Crippen molar-refractivity contribution in [1.29, 1.82) is 0 Å². The monoisotopic (exact) mass is 406 g/mol. The van der Waals surface area contributed by atoms with Crippen LogP contribution in [-0.2, 0) is 33.6 Å². The minimum Gasteiger partial charge on any atom is -0.452 e. The smallest absolute Gasteiger partial charge is 0.311 e. The highest BCUT2D eigenvalue weighted by Crippen LogP contribution is 2.22. The molecule has 0 N–H and O–H groups in total. The normalized spacial score (nSPS) is 17.2. The second-order valence-electron chi connectivity index (χ2n) is 8.27. The molecule has 0 saturated carbocycles. The van der Waals surface area contributed by atoms with Gasteiger partial charge >= 0.3 is 5.97 Å². The Morgan fingerprint density at radius 1 is 0.933 bits per heavy atom. The van der Waals surface area contributed by atoms with E-state index in [0.717, 1.165) is 31.5 Å². The van der Waals surface area contributed by atoms with Gasteiger partial charge in [-0.1, -0.05) is 36.4 Å². The number of nitrogens with zero attached hydrogens (tertiary/aromatic N) is 2. The molecule has 5 nitrogen and oxygen atoms in total. The van der Waals surface area contributed by atoms with E-state index in [-0.39, 0.29) is 18.3 Å². The summed E-state index contributed by atoms with van der Waals surface area (Å²) in [5.41, 5.74) is 4.90. The first-order valence-electron chi connectivity index (χ1n) is 11.0. The number of aryl methyl sites for hydroxylation is 2. The van der Waals surface area contributed by atoms with Crippen LogP contribution >= 0.6 is 0 Å². The zero-order valence-electron chi connectivity index (χ0n) is 17.7. The summed E-state index contributed by atoms with van der Waals surface area (Å²) in [6, 6.07) is 16.5. The summed E-state index contributed by atoms with van der Waals surface area (Å²) in [6.45, 7) is 4.52. The fourth-order valence-corrected chi connectivity index (χ4v) is 4.43. The third-order valence-corrected chi connectivity index (χ3v) is 6.13. The number of amides is 1. The number of benzene rings is 2. The molecule has 1 amide bonds. The van der Waals surface area contributed by atoms with E-state index in [4.69, 9.17) is 4.74 Å². The Balaban J connectivity index is 1.27. The number of ether oxygens (including phenoxy) is 1. The van der Waals surface area contributed by atoms with E-state index < -0.39 is 6.10 Å². The van der Waals surface area contributed by atoms with Gasteiger partial charge in [-0.05, 0) is 61.4 Å². The van der Waals surface area contributed by atoms with E-state index in [9.17, 15) is 9.59 Å². The van der Waals surface area contributed by atoms with Crippen LogP contribution in [0.2, 0.25) is 0 Å². The average Bonchev–Trinajstić information content (AvgIpc) is 2.79. The first-order valence-corrected chi connectivity index (χ1v) is 11.0. The molecular formula is C25H30N2O3. The fraction of sp³-hybridized carbons (Fsp3) is 0.440. The van der Waals surface area contributed by atoms with Crippen LogP contribution in [0.1, 0.15) is 36.5 Å². The van der Waals surface area contributed by atoms with Crippen molar-refractivity contribution < 1.29 is 14.3 Å². The number of carbonyl (C=O) groups is 2. The minimum absolute atomic E-state index is 0.110. The predicted octanol–water partition coefficient (Wildman–Crippen LogP) is 3.39. The molecule has 1 aliphatic carbocycles. The van der Waals surface area contributed by atoms with Gasteiger partial charge in [-0.3, -0.25) is 9.59 Å². The van der Waals surface area contributed by atoms with Crippen molar-refractivity contribution in [2.24, 2.45) is 0 Å². The first-order chi connectivity index (χ1) is 14.6. The Bertz CT molecular complexity index is 889. The maximum absolute atomic E-state index is 12.8. The van der Waals surface area contributed by atoms with Crippen molar-refractivity contribution in [2.45, 2.75) is 45.1 Å². The summed E-state index contributed by atoms with van der Waals surface area (Å²) < 4.78 is 5.48. The van der Waals surface area contributed by atoms with Crippen molar-refractivity contribution in [2.75, 3.05) is 31.1 Å². The van der Waals surface area contributed by atoms with Gasteiger partial charge in [0.25, 0.3) is 5.91 Å². The van der Waals surface area contributed by atoms with Gasteiger partial charge in [0.15, 0.2) is 6.10 Å². The topological polar surface area (TPSA) is 49.9 Å². The van der Waals surface area contributed by atoms with Gasteiger partial charge in [0, 0.05) is 31.9 Å². The van der Waals surface area contributed by atoms with Gasteiger partial charge in [0.05, 0.1) is 6.42 Å². The lowest BCUT2D eigenvalue weighted by molar-refractivity contribution is -0.158. The molecule has 158 valence electrons. The van der Waals surface area contributed by atoms with Crippen LogP contribution < -0.4 is 4.90 Å². The molecule has 2 aromatic carbocycles. The van der Waals surface area contributed by atoms with Crippen LogP contribution in [0.4, 0.5) is 5.69 Å². The second kappa shape index (κ2) is 9.33. The van der Waals surface area contributed by atoms with Gasteiger partial charge in [0.1, 0.15) is 0 Å². The lowest BCUT2D eigenvalue weighted by Gasteiger charge is -2.37. The van der Waals surface area contributed by atoms with Crippen LogP contribution in [0.15, 0.2) is 48.5 Å². The van der Waals surface area contributed by atoms with E-state index in [1.54, 1.807) is 11.8 Å². The minimum atomic E-state index is -0.751. The number of carbonyl (C=O) groups excluding carboxylic acids is 2.